The van der Waals surface area contributed by atoms with Crippen molar-refractivity contribution in [2.45, 2.75) is 45.2 Å². The zero-order valence-electron chi connectivity index (χ0n) is 11.9. The Morgan fingerprint density at radius 2 is 2.16 bits per heavy atom. The van der Waals surface area contributed by atoms with E-state index in [2.05, 4.69) is 4.72 Å². The lowest BCUT2D eigenvalue weighted by molar-refractivity contribution is -0.135. The zero-order chi connectivity index (χ0) is 14.6. The van der Waals surface area contributed by atoms with Gasteiger partial charge in [0.25, 0.3) is 0 Å². The molecular weight excluding hydrogens is 266 g/mol. The van der Waals surface area contributed by atoms with Gasteiger partial charge in [0.05, 0.1) is 12.3 Å². The number of sulfonamides is 1. The molecular formula is C12H25N3O3S. The van der Waals surface area contributed by atoms with Gasteiger partial charge in [-0.05, 0) is 18.8 Å². The Kier molecular flexibility index (Phi) is 5.76. The lowest BCUT2D eigenvalue weighted by atomic mass is 9.97. The summed E-state index contributed by atoms with van der Waals surface area (Å²) in [5.74, 6) is 0.0603. The average molecular weight is 291 g/mol. The quantitative estimate of drug-likeness (QED) is 0.740. The Hall–Kier alpha value is -0.660. The van der Waals surface area contributed by atoms with Crippen LogP contribution in [0.3, 0.4) is 0 Å². The first-order valence-corrected chi connectivity index (χ1v) is 8.65. The summed E-state index contributed by atoms with van der Waals surface area (Å²) in [5.41, 5.74) is 5.94. The number of hydrogen-bond acceptors (Lipinski definition) is 4. The molecule has 7 heteroatoms. The number of nitrogens with zero attached hydrogens (tertiary/aromatic N) is 1. The number of carbonyl (C=O) groups is 1. The van der Waals surface area contributed by atoms with Crippen LogP contribution in [0.25, 0.3) is 0 Å². The predicted molar refractivity (Wildman–Crippen MR) is 75.0 cm³/mol. The molecule has 6 nitrogen and oxygen atoms in total. The van der Waals surface area contributed by atoms with Crippen molar-refractivity contribution in [1.29, 1.82) is 0 Å². The van der Waals surface area contributed by atoms with Crippen molar-refractivity contribution in [3.8, 4) is 0 Å². The zero-order valence-corrected chi connectivity index (χ0v) is 12.7. The van der Waals surface area contributed by atoms with E-state index in [1.165, 1.54) is 0 Å². The Morgan fingerprint density at radius 3 is 2.68 bits per heavy atom. The third-order valence-corrected chi connectivity index (χ3v) is 4.42. The molecule has 0 spiro atoms. The van der Waals surface area contributed by atoms with Gasteiger partial charge < -0.3 is 10.6 Å². The Bertz CT molecular complexity index is 410. The second-order valence-corrected chi connectivity index (χ2v) is 7.20. The van der Waals surface area contributed by atoms with Gasteiger partial charge in [0, 0.05) is 19.1 Å². The van der Waals surface area contributed by atoms with Crippen LogP contribution in [0.4, 0.5) is 0 Å². The molecule has 3 atom stereocenters. The van der Waals surface area contributed by atoms with Crippen LogP contribution in [0.15, 0.2) is 0 Å². The first kappa shape index (κ1) is 16.4. The lowest BCUT2D eigenvalue weighted by Crippen LogP contribution is -2.54. The molecule has 112 valence electrons. The maximum absolute atomic E-state index is 12.2. The van der Waals surface area contributed by atoms with Gasteiger partial charge in [0.15, 0.2) is 0 Å². The first-order valence-electron chi connectivity index (χ1n) is 6.76. The van der Waals surface area contributed by atoms with Gasteiger partial charge in [-0.1, -0.05) is 20.3 Å². The summed E-state index contributed by atoms with van der Waals surface area (Å²) in [7, 11) is -3.23. The van der Waals surface area contributed by atoms with Crippen LogP contribution in [-0.4, -0.2) is 50.7 Å². The molecule has 1 fully saturated rings. The van der Waals surface area contributed by atoms with Gasteiger partial charge in [-0.15, -0.1) is 0 Å². The molecule has 0 bridgehead atoms. The molecule has 19 heavy (non-hydrogen) atoms. The first-order chi connectivity index (χ1) is 8.74. The normalized spacial score (nSPS) is 24.0. The molecule has 0 aromatic heterocycles. The molecule has 0 radical (unpaired) electrons. The molecule has 1 saturated heterocycles. The van der Waals surface area contributed by atoms with Crippen molar-refractivity contribution < 1.29 is 13.2 Å². The maximum Gasteiger partial charge on any atom is 0.239 e. The number of amides is 1. The minimum absolute atomic E-state index is 0.0747. The fraction of sp³-hybridized carbons (Fsp3) is 0.917. The van der Waals surface area contributed by atoms with E-state index in [-0.39, 0.29) is 17.9 Å². The van der Waals surface area contributed by atoms with Crippen LogP contribution >= 0.6 is 0 Å². The Balaban J connectivity index is 2.62. The molecule has 1 heterocycles. The second-order valence-electron chi connectivity index (χ2n) is 5.42. The maximum atomic E-state index is 12.2. The average Bonchev–Trinajstić information content (AvgIpc) is 2.34. The number of carbonyl (C=O) groups excluding carboxylic acids is 1. The van der Waals surface area contributed by atoms with Crippen molar-refractivity contribution in [3.63, 3.8) is 0 Å². The number of hydrogen-bond donors (Lipinski definition) is 2. The highest BCUT2D eigenvalue weighted by Gasteiger charge is 2.30. The summed E-state index contributed by atoms with van der Waals surface area (Å²) < 4.78 is 25.0. The molecule has 0 aromatic rings. The largest absolute Gasteiger partial charge is 0.340 e. The number of nitrogens with two attached hydrogens (primary N) is 1. The molecule has 0 aromatic carbocycles. The van der Waals surface area contributed by atoms with E-state index in [1.807, 2.05) is 13.8 Å². The molecule has 0 aliphatic carbocycles. The van der Waals surface area contributed by atoms with E-state index >= 15 is 0 Å². The molecule has 1 aliphatic rings. The molecule has 2 unspecified atom stereocenters. The van der Waals surface area contributed by atoms with Gasteiger partial charge in [-0.3, -0.25) is 4.79 Å². The molecule has 0 saturated carbocycles. The van der Waals surface area contributed by atoms with E-state index in [0.717, 1.165) is 25.5 Å². The summed E-state index contributed by atoms with van der Waals surface area (Å²) in [6.45, 7) is 5.03. The minimum atomic E-state index is -3.23. The van der Waals surface area contributed by atoms with Gasteiger partial charge >= 0.3 is 0 Å². The van der Waals surface area contributed by atoms with Crippen molar-refractivity contribution >= 4 is 15.9 Å². The van der Waals surface area contributed by atoms with Crippen molar-refractivity contribution in [3.05, 3.63) is 0 Å². The van der Waals surface area contributed by atoms with Gasteiger partial charge in [-0.2, -0.15) is 0 Å². The Labute approximate surface area is 115 Å². The van der Waals surface area contributed by atoms with Crippen LogP contribution < -0.4 is 10.5 Å². The fourth-order valence-electron chi connectivity index (χ4n) is 2.28. The van der Waals surface area contributed by atoms with Crippen molar-refractivity contribution in [1.82, 2.24) is 9.62 Å². The number of piperidine rings is 1. The highest BCUT2D eigenvalue weighted by atomic mass is 32.2. The van der Waals surface area contributed by atoms with Crippen molar-refractivity contribution in [2.75, 3.05) is 19.3 Å². The van der Waals surface area contributed by atoms with Gasteiger partial charge in [0.1, 0.15) is 0 Å². The minimum Gasteiger partial charge on any atom is -0.340 e. The standard InChI is InChI=1S/C12H25N3O3S/c1-4-9(2)11(13)12(16)15-7-5-6-10(8-15)14-19(3,17)18/h9-11,14H,4-8,13H2,1-3H3/t9?,10?,11-/m0/s1. The van der Waals surface area contributed by atoms with E-state index in [9.17, 15) is 13.2 Å². The van der Waals surface area contributed by atoms with Crippen LogP contribution in [0.2, 0.25) is 0 Å². The van der Waals surface area contributed by atoms with Gasteiger partial charge in [0.2, 0.25) is 15.9 Å². The van der Waals surface area contributed by atoms with Crippen LogP contribution in [0.5, 0.6) is 0 Å². The van der Waals surface area contributed by atoms with Crippen molar-refractivity contribution in [2.24, 2.45) is 11.7 Å². The number of rotatable bonds is 5. The monoisotopic (exact) mass is 291 g/mol. The van der Waals surface area contributed by atoms with Crippen LogP contribution in [-0.2, 0) is 14.8 Å². The molecule has 1 aliphatic heterocycles. The van der Waals surface area contributed by atoms with Crippen LogP contribution in [0.1, 0.15) is 33.1 Å². The lowest BCUT2D eigenvalue weighted by Gasteiger charge is -2.35. The molecule has 1 rings (SSSR count). The highest BCUT2D eigenvalue weighted by Crippen LogP contribution is 2.15. The molecule has 3 N–H and O–H groups in total. The van der Waals surface area contributed by atoms with E-state index in [0.29, 0.717) is 13.1 Å². The summed E-state index contributed by atoms with van der Waals surface area (Å²) in [5, 5.41) is 0. The molecule has 1 amide bonds. The Morgan fingerprint density at radius 1 is 1.53 bits per heavy atom. The number of likely N-dealkylation sites (tertiary alicyclic amines) is 1. The van der Waals surface area contributed by atoms with E-state index < -0.39 is 16.1 Å². The number of nitrogens with one attached hydrogen (secondary N) is 1. The summed E-state index contributed by atoms with van der Waals surface area (Å²) >= 11 is 0. The third-order valence-electron chi connectivity index (χ3n) is 3.66. The van der Waals surface area contributed by atoms with E-state index in [1.54, 1.807) is 4.90 Å². The second kappa shape index (κ2) is 6.67. The fourth-order valence-corrected chi connectivity index (χ4v) is 3.08. The summed E-state index contributed by atoms with van der Waals surface area (Å²) in [6, 6.07) is -0.696. The predicted octanol–water partition coefficient (Wildman–Crippen LogP) is -0.1000. The topological polar surface area (TPSA) is 92.5 Å². The highest BCUT2D eigenvalue weighted by molar-refractivity contribution is 7.88. The third kappa shape index (κ3) is 5.08. The SMILES string of the molecule is CCC(C)[C@H](N)C(=O)N1CCCC(NS(C)(=O)=O)C1. The van der Waals surface area contributed by atoms with E-state index in [4.69, 9.17) is 5.73 Å². The smallest absolute Gasteiger partial charge is 0.239 e. The summed E-state index contributed by atoms with van der Waals surface area (Å²) in [4.78, 5) is 13.9. The summed E-state index contributed by atoms with van der Waals surface area (Å²) in [6.07, 6.45) is 3.55. The van der Waals surface area contributed by atoms with Gasteiger partial charge in [-0.25, -0.2) is 13.1 Å². The van der Waals surface area contributed by atoms with Crippen LogP contribution in [0, 0.1) is 5.92 Å².